The molecule has 0 unspecified atom stereocenters. The quantitative estimate of drug-likeness (QED) is 0.777. The number of likely N-dealkylation sites (N-methyl/N-ethyl adjacent to an activating group) is 1. The van der Waals surface area contributed by atoms with Gasteiger partial charge in [0.2, 0.25) is 0 Å². The van der Waals surface area contributed by atoms with Crippen molar-refractivity contribution >= 4 is 5.91 Å². The molecule has 1 amide bonds. The number of nitrogens with zero attached hydrogens (tertiary/aromatic N) is 2. The van der Waals surface area contributed by atoms with Gasteiger partial charge in [0, 0.05) is 25.2 Å². The normalized spacial score (nSPS) is 19.5. The summed E-state index contributed by atoms with van der Waals surface area (Å²) >= 11 is 0. The van der Waals surface area contributed by atoms with E-state index in [9.17, 15) is 9.18 Å². The summed E-state index contributed by atoms with van der Waals surface area (Å²) in [6.07, 6.45) is 0. The Morgan fingerprint density at radius 1 is 1.32 bits per heavy atom. The molecule has 1 aliphatic heterocycles. The molecular formula is C15H21FN2O. The number of carbonyl (C=O) groups is 1. The van der Waals surface area contributed by atoms with Gasteiger partial charge in [0.05, 0.1) is 5.56 Å². The number of halogens is 1. The lowest BCUT2D eigenvalue weighted by molar-refractivity contribution is 0.0308. The molecule has 0 saturated carbocycles. The van der Waals surface area contributed by atoms with E-state index >= 15 is 0 Å². The number of carbonyl (C=O) groups excluding carboxylic acids is 1. The summed E-state index contributed by atoms with van der Waals surface area (Å²) in [5, 5.41) is 0. The summed E-state index contributed by atoms with van der Waals surface area (Å²) in [4.78, 5) is 16.4. The zero-order chi connectivity index (χ0) is 14.2. The van der Waals surface area contributed by atoms with E-state index in [2.05, 4.69) is 25.8 Å². The molecule has 1 heterocycles. The van der Waals surface area contributed by atoms with E-state index in [0.29, 0.717) is 18.7 Å². The highest BCUT2D eigenvalue weighted by molar-refractivity contribution is 5.94. The van der Waals surface area contributed by atoms with Crippen LogP contribution < -0.4 is 0 Å². The van der Waals surface area contributed by atoms with E-state index in [1.54, 1.807) is 30.0 Å². The molecule has 0 aromatic heterocycles. The molecular weight excluding hydrogens is 243 g/mol. The van der Waals surface area contributed by atoms with Gasteiger partial charge in [-0.15, -0.1) is 0 Å². The summed E-state index contributed by atoms with van der Waals surface area (Å²) in [6.45, 7) is 7.95. The molecule has 0 bridgehead atoms. The molecule has 104 valence electrons. The molecule has 3 nitrogen and oxygen atoms in total. The largest absolute Gasteiger partial charge is 0.335 e. The van der Waals surface area contributed by atoms with Gasteiger partial charge in [-0.25, -0.2) is 4.39 Å². The van der Waals surface area contributed by atoms with Crippen LogP contribution >= 0.6 is 0 Å². The third-order valence-corrected chi connectivity index (χ3v) is 4.03. The van der Waals surface area contributed by atoms with Crippen LogP contribution in [0.4, 0.5) is 4.39 Å². The van der Waals surface area contributed by atoms with Crippen LogP contribution in [0.5, 0.6) is 0 Å². The first kappa shape index (κ1) is 14.0. The highest BCUT2D eigenvalue weighted by atomic mass is 19.1. The average molecular weight is 264 g/mol. The number of benzene rings is 1. The number of rotatable bonds is 1. The van der Waals surface area contributed by atoms with Crippen molar-refractivity contribution in [3.05, 3.63) is 35.1 Å². The minimum Gasteiger partial charge on any atom is -0.335 e. The van der Waals surface area contributed by atoms with Gasteiger partial charge in [-0.1, -0.05) is 12.1 Å². The number of hydrogen-bond acceptors (Lipinski definition) is 2. The molecule has 1 aromatic rings. The smallest absolute Gasteiger partial charge is 0.256 e. The number of amides is 1. The molecule has 0 N–H and O–H groups in total. The van der Waals surface area contributed by atoms with Gasteiger partial charge >= 0.3 is 0 Å². The second kappa shape index (κ2) is 4.93. The summed E-state index contributed by atoms with van der Waals surface area (Å²) in [6, 6.07) is 4.98. The Morgan fingerprint density at radius 2 is 2.00 bits per heavy atom. The van der Waals surface area contributed by atoms with Crippen LogP contribution in [-0.4, -0.2) is 47.9 Å². The van der Waals surface area contributed by atoms with Crippen LogP contribution in [0.3, 0.4) is 0 Å². The number of aryl methyl sites for hydroxylation is 1. The maximum atomic E-state index is 14.0. The minimum atomic E-state index is -0.399. The molecule has 4 heteroatoms. The summed E-state index contributed by atoms with van der Waals surface area (Å²) < 4.78 is 14.0. The maximum absolute atomic E-state index is 14.0. The third kappa shape index (κ3) is 2.63. The van der Waals surface area contributed by atoms with Crippen LogP contribution in [0.2, 0.25) is 0 Å². The first-order valence-electron chi connectivity index (χ1n) is 6.58. The topological polar surface area (TPSA) is 23.6 Å². The second-order valence-corrected chi connectivity index (χ2v) is 5.90. The van der Waals surface area contributed by atoms with Crippen molar-refractivity contribution in [3.8, 4) is 0 Å². The van der Waals surface area contributed by atoms with E-state index in [4.69, 9.17) is 0 Å². The predicted octanol–water partition coefficient (Wildman–Crippen LogP) is 2.30. The zero-order valence-corrected chi connectivity index (χ0v) is 12.0. The van der Waals surface area contributed by atoms with Crippen LogP contribution in [0.25, 0.3) is 0 Å². The third-order valence-electron chi connectivity index (χ3n) is 4.03. The molecule has 0 spiro atoms. The van der Waals surface area contributed by atoms with Gasteiger partial charge in [0.25, 0.3) is 5.91 Å². The van der Waals surface area contributed by atoms with Crippen molar-refractivity contribution in [2.75, 3.05) is 26.7 Å². The molecule has 1 aromatic carbocycles. The first-order chi connectivity index (χ1) is 8.83. The van der Waals surface area contributed by atoms with E-state index in [1.807, 2.05) is 0 Å². The van der Waals surface area contributed by atoms with Crippen LogP contribution in [0.1, 0.15) is 29.8 Å². The van der Waals surface area contributed by atoms with Crippen molar-refractivity contribution < 1.29 is 9.18 Å². The monoisotopic (exact) mass is 264 g/mol. The summed E-state index contributed by atoms with van der Waals surface area (Å²) in [7, 11) is 2.05. The van der Waals surface area contributed by atoms with Crippen LogP contribution in [-0.2, 0) is 0 Å². The lowest BCUT2D eigenvalue weighted by atomic mass is 9.98. The fourth-order valence-electron chi connectivity index (χ4n) is 2.40. The standard InChI is InChI=1S/C15H21FN2O/c1-11-6-5-7-12(13(11)16)14(19)18-9-8-17(4)15(2,3)10-18/h5-7H,8-10H2,1-4H3. The van der Waals surface area contributed by atoms with E-state index < -0.39 is 5.82 Å². The SMILES string of the molecule is Cc1cccc(C(=O)N2CCN(C)C(C)(C)C2)c1F. The Kier molecular flexibility index (Phi) is 3.63. The average Bonchev–Trinajstić information content (AvgIpc) is 2.35. The number of piperazine rings is 1. The molecule has 19 heavy (non-hydrogen) atoms. The van der Waals surface area contributed by atoms with Gasteiger partial charge < -0.3 is 4.90 Å². The summed E-state index contributed by atoms with van der Waals surface area (Å²) in [5.74, 6) is -0.605. The first-order valence-corrected chi connectivity index (χ1v) is 6.58. The van der Waals surface area contributed by atoms with Crippen molar-refractivity contribution in [1.29, 1.82) is 0 Å². The Hall–Kier alpha value is -1.42. The maximum Gasteiger partial charge on any atom is 0.256 e. The van der Waals surface area contributed by atoms with Crippen molar-refractivity contribution in [1.82, 2.24) is 9.80 Å². The van der Waals surface area contributed by atoms with Gasteiger partial charge in [0.1, 0.15) is 5.82 Å². The highest BCUT2D eigenvalue weighted by Gasteiger charge is 2.34. The fraction of sp³-hybridized carbons (Fsp3) is 0.533. The highest BCUT2D eigenvalue weighted by Crippen LogP contribution is 2.22. The lowest BCUT2D eigenvalue weighted by Crippen LogP contribution is -2.58. The van der Waals surface area contributed by atoms with Gasteiger partial charge in [0.15, 0.2) is 0 Å². The van der Waals surface area contributed by atoms with Gasteiger partial charge in [-0.05, 0) is 39.4 Å². The molecule has 0 radical (unpaired) electrons. The van der Waals surface area contributed by atoms with E-state index in [1.165, 1.54) is 0 Å². The fourth-order valence-corrected chi connectivity index (χ4v) is 2.40. The second-order valence-electron chi connectivity index (χ2n) is 5.90. The molecule has 1 saturated heterocycles. The van der Waals surface area contributed by atoms with Gasteiger partial charge in [-0.2, -0.15) is 0 Å². The minimum absolute atomic E-state index is 0.0752. The zero-order valence-electron chi connectivity index (χ0n) is 12.0. The van der Waals surface area contributed by atoms with Crippen molar-refractivity contribution in [2.24, 2.45) is 0 Å². The Bertz CT molecular complexity index is 499. The molecule has 1 fully saturated rings. The van der Waals surface area contributed by atoms with Crippen LogP contribution in [0, 0.1) is 12.7 Å². The van der Waals surface area contributed by atoms with Crippen LogP contribution in [0.15, 0.2) is 18.2 Å². The predicted molar refractivity (Wildman–Crippen MR) is 73.7 cm³/mol. The van der Waals surface area contributed by atoms with E-state index in [-0.39, 0.29) is 17.0 Å². The Morgan fingerprint density at radius 3 is 2.63 bits per heavy atom. The van der Waals surface area contributed by atoms with E-state index in [0.717, 1.165) is 6.54 Å². The van der Waals surface area contributed by atoms with Crippen molar-refractivity contribution in [3.63, 3.8) is 0 Å². The van der Waals surface area contributed by atoms with Gasteiger partial charge in [-0.3, -0.25) is 9.69 Å². The Balaban J connectivity index is 2.23. The molecule has 0 atom stereocenters. The van der Waals surface area contributed by atoms with Crippen molar-refractivity contribution in [2.45, 2.75) is 26.3 Å². The summed E-state index contributed by atoms with van der Waals surface area (Å²) in [5.41, 5.74) is 0.619. The molecule has 2 rings (SSSR count). The lowest BCUT2D eigenvalue weighted by Gasteiger charge is -2.45. The number of hydrogen-bond donors (Lipinski definition) is 0. The molecule has 1 aliphatic rings. The molecule has 0 aliphatic carbocycles. The Labute approximate surface area is 114 Å².